The van der Waals surface area contributed by atoms with Gasteiger partial charge >= 0.3 is 0 Å². The molecule has 1 fully saturated rings. The van der Waals surface area contributed by atoms with E-state index in [1.54, 1.807) is 12.1 Å². The molecule has 1 N–H and O–H groups in total. The molecule has 0 saturated carbocycles. The highest BCUT2D eigenvalue weighted by molar-refractivity contribution is 5.85. The Kier molecular flexibility index (Phi) is 7.28. The van der Waals surface area contributed by atoms with Gasteiger partial charge in [0, 0.05) is 50.3 Å². The zero-order valence-corrected chi connectivity index (χ0v) is 12.6. The van der Waals surface area contributed by atoms with E-state index in [2.05, 4.69) is 5.32 Å². The molecule has 1 aliphatic heterocycles. The molecule has 1 atom stereocenters. The van der Waals surface area contributed by atoms with Gasteiger partial charge < -0.3 is 10.1 Å². The minimum atomic E-state index is -2.46. The molecule has 3 nitrogen and oxygen atoms in total. The predicted octanol–water partition coefficient (Wildman–Crippen LogP) is 2.86. The van der Waals surface area contributed by atoms with Crippen molar-refractivity contribution in [1.82, 2.24) is 10.2 Å². The van der Waals surface area contributed by atoms with Crippen molar-refractivity contribution in [3.8, 4) is 5.75 Å². The largest absolute Gasteiger partial charge is 0.497 e. The van der Waals surface area contributed by atoms with E-state index in [9.17, 15) is 13.2 Å². The van der Waals surface area contributed by atoms with Gasteiger partial charge in [0.25, 0.3) is 0 Å². The average Bonchev–Trinajstić information content (AvgIpc) is 2.45. The van der Waals surface area contributed by atoms with Crippen LogP contribution >= 0.6 is 12.4 Å². The van der Waals surface area contributed by atoms with Gasteiger partial charge in [0.15, 0.2) is 0 Å². The minimum absolute atomic E-state index is 0. The lowest BCUT2D eigenvalue weighted by atomic mass is 10.0. The first-order valence-electron chi connectivity index (χ1n) is 6.68. The molecule has 1 aliphatic rings. The summed E-state index contributed by atoms with van der Waals surface area (Å²) in [5.74, 6) is -0.101. The summed E-state index contributed by atoms with van der Waals surface area (Å²) in [6.45, 7) is 2.75. The third kappa shape index (κ3) is 4.76. The third-order valence-electron chi connectivity index (χ3n) is 3.56. The number of nitrogens with one attached hydrogen (secondary N) is 1. The number of alkyl halides is 2. The van der Waals surface area contributed by atoms with E-state index < -0.39 is 18.3 Å². The van der Waals surface area contributed by atoms with E-state index in [0.717, 1.165) is 13.1 Å². The van der Waals surface area contributed by atoms with Crippen molar-refractivity contribution in [2.75, 3.05) is 33.3 Å². The maximum absolute atomic E-state index is 14.1. The van der Waals surface area contributed by atoms with Crippen LogP contribution in [0.25, 0.3) is 0 Å². The fourth-order valence-electron chi connectivity index (χ4n) is 2.54. The molecule has 7 heteroatoms. The van der Waals surface area contributed by atoms with Crippen LogP contribution in [0.4, 0.5) is 13.2 Å². The summed E-state index contributed by atoms with van der Waals surface area (Å²) in [4.78, 5) is 1.91. The molecule has 1 aromatic rings. The van der Waals surface area contributed by atoms with Crippen LogP contribution in [0.3, 0.4) is 0 Å². The summed E-state index contributed by atoms with van der Waals surface area (Å²) in [6, 6.07) is 3.81. The maximum Gasteiger partial charge on any atom is 0.240 e. The number of hydrogen-bond acceptors (Lipinski definition) is 3. The molecule has 0 aliphatic carbocycles. The normalized spacial score (nSPS) is 17.4. The van der Waals surface area contributed by atoms with Crippen LogP contribution in [0.1, 0.15) is 18.0 Å². The van der Waals surface area contributed by atoms with Crippen molar-refractivity contribution < 1.29 is 17.9 Å². The second-order valence-electron chi connectivity index (χ2n) is 4.82. The van der Waals surface area contributed by atoms with Gasteiger partial charge in [0.05, 0.1) is 7.11 Å². The Balaban J connectivity index is 0.00000220. The Hall–Kier alpha value is -0.980. The summed E-state index contributed by atoms with van der Waals surface area (Å²) in [7, 11) is 1.45. The molecule has 0 amide bonds. The topological polar surface area (TPSA) is 24.5 Å². The van der Waals surface area contributed by atoms with Gasteiger partial charge in [-0.05, 0) is 6.07 Å². The lowest BCUT2D eigenvalue weighted by molar-refractivity contribution is 0.0725. The SMILES string of the molecule is COc1ccc([C@@H](CC(F)F)N2CCNCC2)c(F)c1.Cl. The molecule has 21 heavy (non-hydrogen) atoms. The van der Waals surface area contributed by atoms with Gasteiger partial charge in [-0.25, -0.2) is 13.2 Å². The number of methoxy groups -OCH3 is 1. The van der Waals surface area contributed by atoms with Gasteiger partial charge in [-0.3, -0.25) is 4.90 Å². The summed E-state index contributed by atoms with van der Waals surface area (Å²) in [5, 5.41) is 3.16. The average molecular weight is 325 g/mol. The second-order valence-corrected chi connectivity index (χ2v) is 4.82. The zero-order chi connectivity index (χ0) is 14.5. The van der Waals surface area contributed by atoms with Gasteiger partial charge in [-0.15, -0.1) is 12.4 Å². The first kappa shape index (κ1) is 18.1. The summed E-state index contributed by atoms with van der Waals surface area (Å²) in [6.07, 6.45) is -2.82. The number of halogens is 4. The van der Waals surface area contributed by atoms with Crippen molar-refractivity contribution in [1.29, 1.82) is 0 Å². The molecular formula is C14H20ClF3N2O. The molecule has 0 aromatic heterocycles. The summed E-state index contributed by atoms with van der Waals surface area (Å²) in [5.41, 5.74) is 0.313. The molecule has 0 spiro atoms. The highest BCUT2D eigenvalue weighted by atomic mass is 35.5. The number of ether oxygens (including phenoxy) is 1. The van der Waals surface area contributed by atoms with Gasteiger partial charge in [-0.1, -0.05) is 6.07 Å². The number of nitrogens with zero attached hydrogens (tertiary/aromatic N) is 1. The standard InChI is InChI=1S/C14H19F3N2O.ClH/c1-20-10-2-3-11(12(15)8-10)13(9-14(16)17)19-6-4-18-5-7-19;/h2-3,8,13-14,18H,4-7,9H2,1H3;1H/t13-;/m1./s1. The molecule has 0 radical (unpaired) electrons. The van der Waals surface area contributed by atoms with E-state index in [1.165, 1.54) is 13.2 Å². The molecule has 1 heterocycles. The monoisotopic (exact) mass is 324 g/mol. The maximum atomic E-state index is 14.1. The van der Waals surface area contributed by atoms with Crippen LogP contribution in [-0.4, -0.2) is 44.6 Å². The van der Waals surface area contributed by atoms with Crippen LogP contribution in [-0.2, 0) is 0 Å². The Morgan fingerprint density at radius 3 is 2.48 bits per heavy atom. The van der Waals surface area contributed by atoms with Gasteiger partial charge in [-0.2, -0.15) is 0 Å². The molecule has 1 saturated heterocycles. The number of benzene rings is 1. The van der Waals surface area contributed by atoms with Gasteiger partial charge in [0.1, 0.15) is 11.6 Å². The first-order valence-corrected chi connectivity index (χ1v) is 6.68. The first-order chi connectivity index (χ1) is 9.61. The Labute approximate surface area is 128 Å². The van der Waals surface area contributed by atoms with E-state index >= 15 is 0 Å². The predicted molar refractivity (Wildman–Crippen MR) is 78.0 cm³/mol. The lowest BCUT2D eigenvalue weighted by Crippen LogP contribution is -2.45. The highest BCUT2D eigenvalue weighted by Crippen LogP contribution is 2.31. The fourth-order valence-corrected chi connectivity index (χ4v) is 2.54. The van der Waals surface area contributed by atoms with E-state index in [0.29, 0.717) is 24.4 Å². The number of rotatable bonds is 5. The van der Waals surface area contributed by atoms with Crippen LogP contribution in [0.15, 0.2) is 18.2 Å². The van der Waals surface area contributed by atoms with Crippen LogP contribution in [0, 0.1) is 5.82 Å². The number of hydrogen-bond donors (Lipinski definition) is 1. The highest BCUT2D eigenvalue weighted by Gasteiger charge is 2.27. The third-order valence-corrected chi connectivity index (χ3v) is 3.56. The fraction of sp³-hybridized carbons (Fsp3) is 0.571. The van der Waals surface area contributed by atoms with Crippen LogP contribution in [0.5, 0.6) is 5.75 Å². The van der Waals surface area contributed by atoms with Crippen molar-refractivity contribution in [3.05, 3.63) is 29.6 Å². The van der Waals surface area contributed by atoms with Gasteiger partial charge in [0.2, 0.25) is 6.43 Å². The molecule has 0 unspecified atom stereocenters. The quantitative estimate of drug-likeness (QED) is 0.901. The van der Waals surface area contributed by atoms with Crippen molar-refractivity contribution >= 4 is 12.4 Å². The van der Waals surface area contributed by atoms with Crippen LogP contribution < -0.4 is 10.1 Å². The summed E-state index contributed by atoms with van der Waals surface area (Å²) < 4.78 is 44.7. The molecule has 0 bridgehead atoms. The van der Waals surface area contributed by atoms with Crippen molar-refractivity contribution in [2.24, 2.45) is 0 Å². The van der Waals surface area contributed by atoms with E-state index in [4.69, 9.17) is 4.74 Å². The second kappa shape index (κ2) is 8.46. The Morgan fingerprint density at radius 1 is 1.29 bits per heavy atom. The number of piperazine rings is 1. The van der Waals surface area contributed by atoms with Crippen molar-refractivity contribution in [3.63, 3.8) is 0 Å². The summed E-state index contributed by atoms with van der Waals surface area (Å²) >= 11 is 0. The minimum Gasteiger partial charge on any atom is -0.497 e. The molecule has 120 valence electrons. The molecule has 1 aromatic carbocycles. The van der Waals surface area contributed by atoms with E-state index in [1.807, 2.05) is 4.90 Å². The zero-order valence-electron chi connectivity index (χ0n) is 11.8. The van der Waals surface area contributed by atoms with Crippen molar-refractivity contribution in [2.45, 2.75) is 18.9 Å². The Bertz CT molecular complexity index is 442. The molecular weight excluding hydrogens is 305 g/mol. The lowest BCUT2D eigenvalue weighted by Gasteiger charge is -2.35. The smallest absolute Gasteiger partial charge is 0.240 e. The van der Waals surface area contributed by atoms with E-state index in [-0.39, 0.29) is 18.8 Å². The molecule has 2 rings (SSSR count). The Morgan fingerprint density at radius 2 is 1.95 bits per heavy atom. The van der Waals surface area contributed by atoms with Crippen LogP contribution in [0.2, 0.25) is 0 Å².